The number of rotatable bonds is 4. The Morgan fingerprint density at radius 2 is 1.86 bits per heavy atom. The van der Waals surface area contributed by atoms with Gasteiger partial charge in [0.1, 0.15) is 4.90 Å². The van der Waals surface area contributed by atoms with Gasteiger partial charge in [0.25, 0.3) is 10.0 Å². The lowest BCUT2D eigenvalue weighted by Crippen LogP contribution is -2.18. The Hall–Kier alpha value is -1.16. The van der Waals surface area contributed by atoms with Gasteiger partial charge >= 0.3 is 0 Å². The Kier molecular flexibility index (Phi) is 4.87. The van der Waals surface area contributed by atoms with Crippen LogP contribution in [0.5, 0.6) is 0 Å². The minimum absolute atomic E-state index is 0.0353. The molecule has 21 heavy (non-hydrogen) atoms. The molecule has 4 N–H and O–H groups in total. The predicted octanol–water partition coefficient (Wildman–Crippen LogP) is 3.00. The minimum Gasteiger partial charge on any atom is -0.323 e. The number of hydrogen-bond donors (Lipinski definition) is 3. The fraction of sp³-hybridized carbons (Fsp3) is 0.0833. The van der Waals surface area contributed by atoms with E-state index < -0.39 is 10.0 Å². The summed E-state index contributed by atoms with van der Waals surface area (Å²) in [6.07, 6.45) is 2.68. The third-order valence-electron chi connectivity index (χ3n) is 2.65. The summed E-state index contributed by atoms with van der Waals surface area (Å²) in [5.41, 5.74) is 4.00. The minimum atomic E-state index is -3.83. The summed E-state index contributed by atoms with van der Waals surface area (Å²) in [4.78, 5) is 3.79. The van der Waals surface area contributed by atoms with Gasteiger partial charge in [-0.2, -0.15) is 0 Å². The van der Waals surface area contributed by atoms with Gasteiger partial charge in [0.15, 0.2) is 0 Å². The van der Waals surface area contributed by atoms with E-state index in [1.807, 2.05) is 19.1 Å². The van der Waals surface area contributed by atoms with E-state index in [0.29, 0.717) is 14.6 Å². The highest BCUT2D eigenvalue weighted by Gasteiger charge is 2.21. The van der Waals surface area contributed by atoms with Crippen LogP contribution in [0.4, 0.5) is 11.4 Å². The van der Waals surface area contributed by atoms with E-state index in [2.05, 4.69) is 47.0 Å². The number of nitrogens with two attached hydrogens (primary N) is 1. The van der Waals surface area contributed by atoms with Crippen LogP contribution >= 0.6 is 31.9 Å². The van der Waals surface area contributed by atoms with Crippen LogP contribution in [-0.4, -0.2) is 13.4 Å². The average molecular weight is 436 g/mol. The Morgan fingerprint density at radius 1 is 1.24 bits per heavy atom. The molecule has 0 spiro atoms. The van der Waals surface area contributed by atoms with Crippen molar-refractivity contribution in [2.75, 3.05) is 10.1 Å². The first-order valence-corrected chi connectivity index (χ1v) is 8.81. The number of pyridine rings is 1. The SMILES string of the molecule is Cc1cc(Br)c(NS(=O)(=O)c2cnccc2NN)c(Br)c1. The second-order valence-corrected chi connectivity index (χ2v) is 7.58. The monoisotopic (exact) mass is 434 g/mol. The number of halogens is 2. The summed E-state index contributed by atoms with van der Waals surface area (Å²) in [5.74, 6) is 5.33. The molecule has 6 nitrogen and oxygen atoms in total. The van der Waals surface area contributed by atoms with Crippen LogP contribution in [0, 0.1) is 6.92 Å². The number of nitrogens with zero attached hydrogens (tertiary/aromatic N) is 1. The van der Waals surface area contributed by atoms with Gasteiger partial charge in [-0.25, -0.2) is 8.42 Å². The summed E-state index contributed by atoms with van der Waals surface area (Å²) in [6.45, 7) is 1.91. The first-order chi connectivity index (χ1) is 9.85. The molecule has 0 saturated carbocycles. The molecule has 0 amide bonds. The van der Waals surface area contributed by atoms with Gasteiger partial charge in [0, 0.05) is 21.3 Å². The zero-order valence-corrected chi connectivity index (χ0v) is 14.9. The second kappa shape index (κ2) is 6.30. The molecule has 0 atom stereocenters. The lowest BCUT2D eigenvalue weighted by atomic mass is 10.2. The highest BCUT2D eigenvalue weighted by Crippen LogP contribution is 2.34. The molecule has 1 aromatic carbocycles. The molecule has 2 aromatic rings. The average Bonchev–Trinajstić information content (AvgIpc) is 2.43. The van der Waals surface area contributed by atoms with E-state index in [9.17, 15) is 8.42 Å². The molecular formula is C12H12Br2N4O2S. The normalized spacial score (nSPS) is 11.2. The highest BCUT2D eigenvalue weighted by atomic mass is 79.9. The number of sulfonamides is 1. The Labute approximate surface area is 139 Å². The van der Waals surface area contributed by atoms with E-state index in [1.165, 1.54) is 18.5 Å². The van der Waals surface area contributed by atoms with Crippen LogP contribution in [0.25, 0.3) is 0 Å². The molecule has 0 saturated heterocycles. The van der Waals surface area contributed by atoms with Crippen molar-refractivity contribution in [3.05, 3.63) is 45.1 Å². The molecule has 0 aliphatic rings. The third kappa shape index (κ3) is 3.54. The van der Waals surface area contributed by atoms with E-state index in [4.69, 9.17) is 5.84 Å². The molecule has 0 aliphatic carbocycles. The van der Waals surface area contributed by atoms with Gasteiger partial charge < -0.3 is 5.43 Å². The summed E-state index contributed by atoms with van der Waals surface area (Å²) >= 11 is 6.69. The molecule has 9 heteroatoms. The number of hydrazine groups is 1. The van der Waals surface area contributed by atoms with Gasteiger partial charge in [0.05, 0.1) is 11.4 Å². The summed E-state index contributed by atoms with van der Waals surface area (Å²) in [6, 6.07) is 5.11. The lowest BCUT2D eigenvalue weighted by Gasteiger charge is -2.14. The number of aromatic nitrogens is 1. The van der Waals surface area contributed by atoms with Gasteiger partial charge in [-0.3, -0.25) is 15.5 Å². The summed E-state index contributed by atoms with van der Waals surface area (Å²) in [7, 11) is -3.83. The van der Waals surface area contributed by atoms with E-state index in [0.717, 1.165) is 5.56 Å². The maximum Gasteiger partial charge on any atom is 0.265 e. The zero-order valence-electron chi connectivity index (χ0n) is 10.9. The number of aryl methyl sites for hydroxylation is 1. The number of anilines is 2. The first kappa shape index (κ1) is 16.2. The van der Waals surface area contributed by atoms with Crippen LogP contribution in [0.3, 0.4) is 0 Å². The number of benzene rings is 1. The van der Waals surface area contributed by atoms with Crippen molar-refractivity contribution in [3.8, 4) is 0 Å². The van der Waals surface area contributed by atoms with Crippen molar-refractivity contribution in [2.45, 2.75) is 11.8 Å². The van der Waals surface area contributed by atoms with Gasteiger partial charge in [-0.1, -0.05) is 0 Å². The molecule has 0 aliphatic heterocycles. The molecule has 0 fully saturated rings. The molecule has 1 aromatic heterocycles. The van der Waals surface area contributed by atoms with Crippen LogP contribution in [0.1, 0.15) is 5.56 Å². The largest absolute Gasteiger partial charge is 0.323 e. The zero-order chi connectivity index (χ0) is 15.6. The Morgan fingerprint density at radius 3 is 2.43 bits per heavy atom. The van der Waals surface area contributed by atoms with Crippen LogP contribution < -0.4 is 16.0 Å². The standard InChI is InChI=1S/C12H12Br2N4O2S/c1-7-4-8(13)12(9(14)5-7)18-21(19,20)11-6-16-3-2-10(11)17-15/h2-6,18H,15H2,1H3,(H,16,17). The van der Waals surface area contributed by atoms with Crippen molar-refractivity contribution in [1.82, 2.24) is 4.98 Å². The lowest BCUT2D eigenvalue weighted by molar-refractivity contribution is 0.601. The van der Waals surface area contributed by atoms with E-state index in [-0.39, 0.29) is 10.6 Å². The number of nitrogen functional groups attached to an aromatic ring is 1. The summed E-state index contributed by atoms with van der Waals surface area (Å²) in [5, 5.41) is 0. The Bertz CT molecular complexity index is 758. The number of hydrogen-bond acceptors (Lipinski definition) is 5. The topological polar surface area (TPSA) is 97.1 Å². The molecular weight excluding hydrogens is 424 g/mol. The maximum atomic E-state index is 12.5. The van der Waals surface area contributed by atoms with Crippen molar-refractivity contribution in [3.63, 3.8) is 0 Å². The first-order valence-electron chi connectivity index (χ1n) is 5.74. The van der Waals surface area contributed by atoms with Crippen molar-refractivity contribution in [1.29, 1.82) is 0 Å². The van der Waals surface area contributed by atoms with Gasteiger partial charge in [0.2, 0.25) is 0 Å². The second-order valence-electron chi connectivity index (χ2n) is 4.23. The Balaban J connectivity index is 2.48. The molecule has 2 rings (SSSR count). The molecule has 112 valence electrons. The van der Waals surface area contributed by atoms with Crippen molar-refractivity contribution in [2.24, 2.45) is 5.84 Å². The molecule has 0 bridgehead atoms. The molecule has 0 radical (unpaired) electrons. The fourth-order valence-corrected chi connectivity index (χ4v) is 4.79. The summed E-state index contributed by atoms with van der Waals surface area (Å²) < 4.78 is 28.7. The fourth-order valence-electron chi connectivity index (χ4n) is 1.70. The van der Waals surface area contributed by atoms with Gasteiger partial charge in [-0.05, 0) is 62.5 Å². The predicted molar refractivity (Wildman–Crippen MR) is 89.4 cm³/mol. The number of nitrogens with one attached hydrogen (secondary N) is 2. The van der Waals surface area contributed by atoms with Crippen LogP contribution in [0.15, 0.2) is 44.4 Å². The maximum absolute atomic E-state index is 12.5. The van der Waals surface area contributed by atoms with Crippen molar-refractivity contribution < 1.29 is 8.42 Å². The highest BCUT2D eigenvalue weighted by molar-refractivity contribution is 9.11. The molecule has 0 unspecified atom stereocenters. The van der Waals surface area contributed by atoms with Crippen LogP contribution in [0.2, 0.25) is 0 Å². The third-order valence-corrected chi connectivity index (χ3v) is 5.28. The molecule has 1 heterocycles. The van der Waals surface area contributed by atoms with E-state index >= 15 is 0 Å². The van der Waals surface area contributed by atoms with Crippen LogP contribution in [-0.2, 0) is 10.0 Å². The van der Waals surface area contributed by atoms with Crippen molar-refractivity contribution >= 4 is 53.3 Å². The quantitative estimate of drug-likeness (QED) is 0.506. The van der Waals surface area contributed by atoms with Gasteiger partial charge in [-0.15, -0.1) is 0 Å². The van der Waals surface area contributed by atoms with E-state index in [1.54, 1.807) is 0 Å². The smallest absolute Gasteiger partial charge is 0.265 e.